The average molecular weight is 825 g/mol. The fraction of sp³-hybridized carbons (Fsp3) is 0.190. The van der Waals surface area contributed by atoms with E-state index < -0.39 is 8.07 Å². The van der Waals surface area contributed by atoms with Crippen molar-refractivity contribution in [2.45, 2.75) is 46.8 Å². The molecule has 0 amide bonds. The van der Waals surface area contributed by atoms with Crippen molar-refractivity contribution >= 4 is 44.8 Å². The second-order valence-corrected chi connectivity index (χ2v) is 20.2. The van der Waals surface area contributed by atoms with E-state index in [1.165, 1.54) is 42.0 Å². The maximum Gasteiger partial charge on any atom is 0.0795 e. The fourth-order valence-electron chi connectivity index (χ4n) is 5.57. The molecule has 0 saturated carbocycles. The molecule has 0 spiro atoms. The third-order valence-electron chi connectivity index (χ3n) is 7.96. The van der Waals surface area contributed by atoms with E-state index in [9.17, 15) is 0 Å². The number of hydrogen-bond acceptors (Lipinski definition) is 3. The Kier molecular flexibility index (Phi) is 10.7. The molecule has 0 N–H and O–H groups in total. The van der Waals surface area contributed by atoms with Crippen molar-refractivity contribution in [1.29, 1.82) is 0 Å². The summed E-state index contributed by atoms with van der Waals surface area (Å²) in [4.78, 5) is 9.16. The minimum absolute atomic E-state index is 0. The zero-order chi connectivity index (χ0) is 32.3. The molecule has 0 bridgehead atoms. The number of pyridine rings is 2. The molecular formula is C42H40IrN2SSi-2. The number of aromatic nitrogens is 2. The monoisotopic (exact) mass is 825 g/mol. The maximum atomic E-state index is 4.64. The summed E-state index contributed by atoms with van der Waals surface area (Å²) >= 11 is 1.83. The molecule has 5 heteroatoms. The summed E-state index contributed by atoms with van der Waals surface area (Å²) in [6.07, 6.45) is 4.98. The average Bonchev–Trinajstić information content (AvgIpc) is 3.42. The normalized spacial score (nSPS) is 11.5. The van der Waals surface area contributed by atoms with Gasteiger partial charge in [0.15, 0.2) is 0 Å². The van der Waals surface area contributed by atoms with Crippen molar-refractivity contribution in [3.05, 3.63) is 139 Å². The van der Waals surface area contributed by atoms with Crippen LogP contribution < -0.4 is 5.19 Å². The van der Waals surface area contributed by atoms with E-state index in [1.807, 2.05) is 48.0 Å². The van der Waals surface area contributed by atoms with Crippen molar-refractivity contribution < 1.29 is 20.1 Å². The molecule has 4 aromatic carbocycles. The first-order valence-electron chi connectivity index (χ1n) is 15.9. The van der Waals surface area contributed by atoms with Crippen molar-refractivity contribution in [3.8, 4) is 33.6 Å². The van der Waals surface area contributed by atoms with Gasteiger partial charge >= 0.3 is 0 Å². The Bertz CT molecular complexity index is 2070. The summed E-state index contributed by atoms with van der Waals surface area (Å²) in [5, 5.41) is 3.98. The van der Waals surface area contributed by atoms with Gasteiger partial charge in [-0.3, -0.25) is 0 Å². The third kappa shape index (κ3) is 8.60. The second-order valence-electron chi connectivity index (χ2n) is 14.0. The van der Waals surface area contributed by atoms with Crippen LogP contribution in [-0.4, -0.2) is 18.0 Å². The Balaban J connectivity index is 0.000000217. The molecule has 2 nitrogen and oxygen atoms in total. The summed E-state index contributed by atoms with van der Waals surface area (Å²) in [6, 6.07) is 45.0. The first-order valence-corrected chi connectivity index (χ1v) is 20.2. The summed E-state index contributed by atoms with van der Waals surface area (Å²) in [5.74, 6) is 0. The number of benzene rings is 4. The van der Waals surface area contributed by atoms with Crippen LogP contribution in [0.15, 0.2) is 122 Å². The molecule has 0 saturated heterocycles. The van der Waals surface area contributed by atoms with Crippen molar-refractivity contribution in [3.63, 3.8) is 0 Å². The molecule has 0 aliphatic rings. The topological polar surface area (TPSA) is 25.8 Å². The van der Waals surface area contributed by atoms with Crippen LogP contribution in [-0.2, 0) is 26.5 Å². The van der Waals surface area contributed by atoms with Crippen LogP contribution in [0.4, 0.5) is 0 Å². The number of rotatable bonds is 5. The van der Waals surface area contributed by atoms with E-state index in [-0.39, 0.29) is 25.5 Å². The Morgan fingerprint density at radius 3 is 2.15 bits per heavy atom. The number of thiophene rings is 1. The van der Waals surface area contributed by atoms with Crippen LogP contribution >= 0.6 is 11.3 Å². The van der Waals surface area contributed by atoms with E-state index >= 15 is 0 Å². The molecular weight excluding hydrogens is 785 g/mol. The Labute approximate surface area is 298 Å². The van der Waals surface area contributed by atoms with Gasteiger partial charge in [-0.2, -0.15) is 11.3 Å². The molecule has 7 aromatic rings. The van der Waals surface area contributed by atoms with Gasteiger partial charge in [0, 0.05) is 37.2 Å². The van der Waals surface area contributed by atoms with Gasteiger partial charge in [-0.25, -0.2) is 0 Å². The van der Waals surface area contributed by atoms with Gasteiger partial charge in [0.05, 0.1) is 8.07 Å². The summed E-state index contributed by atoms with van der Waals surface area (Å²) in [5.41, 5.74) is 8.21. The van der Waals surface area contributed by atoms with Gasteiger partial charge < -0.3 is 9.97 Å². The summed E-state index contributed by atoms with van der Waals surface area (Å²) in [6.45, 7) is 13.8. The van der Waals surface area contributed by atoms with Crippen LogP contribution in [0.1, 0.15) is 26.3 Å². The molecule has 3 heterocycles. The van der Waals surface area contributed by atoms with Crippen LogP contribution in [0.25, 0.3) is 53.8 Å². The first kappa shape index (κ1) is 34.6. The zero-order valence-corrected chi connectivity index (χ0v) is 32.1. The maximum absolute atomic E-state index is 4.64. The molecule has 0 atom stereocenters. The molecule has 0 unspecified atom stereocenters. The Morgan fingerprint density at radius 1 is 0.681 bits per heavy atom. The smallest absolute Gasteiger partial charge is 0.0795 e. The first-order chi connectivity index (χ1) is 22.0. The van der Waals surface area contributed by atoms with Gasteiger partial charge in [0.25, 0.3) is 0 Å². The Hall–Kier alpha value is -3.73. The van der Waals surface area contributed by atoms with Gasteiger partial charge in [-0.05, 0) is 61.8 Å². The van der Waals surface area contributed by atoms with Gasteiger partial charge in [0.1, 0.15) is 0 Å². The predicted molar refractivity (Wildman–Crippen MR) is 201 cm³/mol. The molecule has 0 aliphatic carbocycles. The van der Waals surface area contributed by atoms with Crippen LogP contribution in [0.5, 0.6) is 0 Å². The van der Waals surface area contributed by atoms with E-state index in [0.29, 0.717) is 0 Å². The number of fused-ring (bicyclic) bond motifs is 3. The molecule has 7 rings (SSSR count). The van der Waals surface area contributed by atoms with Crippen molar-refractivity contribution in [2.75, 3.05) is 0 Å². The number of nitrogens with zero attached hydrogens (tertiary/aromatic N) is 2. The Morgan fingerprint density at radius 2 is 1.47 bits per heavy atom. The van der Waals surface area contributed by atoms with E-state index in [1.54, 1.807) is 0 Å². The molecule has 0 aliphatic heterocycles. The summed E-state index contributed by atoms with van der Waals surface area (Å²) in [7, 11) is -1.23. The standard InChI is InChI=1S/C28H24NS.C14H16NSi.Ir/c1-28(2,3)18-19-13-14-29-25(15-19)22-10-12-26-24(16-22)23-11-9-21(17-27(23)30-26)20-7-5-4-6-8-20;1-16(2,3)13-9-10-14(15-11-13)12-7-5-4-6-8-12;/h4-9,11-17H,18H2,1-3H3;4-7,9-11H,1-3H3;/q2*-1;. The minimum atomic E-state index is -1.23. The van der Waals surface area contributed by atoms with E-state index in [4.69, 9.17) is 0 Å². The van der Waals surface area contributed by atoms with E-state index in [0.717, 1.165) is 28.9 Å². The molecule has 3 aromatic heterocycles. The van der Waals surface area contributed by atoms with Crippen molar-refractivity contribution in [2.24, 2.45) is 5.41 Å². The molecule has 0 fully saturated rings. The second kappa shape index (κ2) is 14.6. The SMILES string of the molecule is CC(C)(C)Cc1ccnc(-c2[c-]cc3sc4cc(-c5ccccc5)ccc4c3c2)c1.C[Si](C)(C)c1ccc(-c2[c-]cccc2)nc1.[Ir]. The number of hydrogen-bond donors (Lipinski definition) is 0. The molecule has 1 radical (unpaired) electrons. The van der Waals surface area contributed by atoms with Crippen LogP contribution in [0.2, 0.25) is 19.6 Å². The predicted octanol–water partition coefficient (Wildman–Crippen LogP) is 11.3. The van der Waals surface area contributed by atoms with Gasteiger partial charge in [-0.1, -0.05) is 112 Å². The minimum Gasteiger partial charge on any atom is -0.305 e. The van der Waals surface area contributed by atoms with E-state index in [2.05, 4.69) is 147 Å². The molecule has 47 heavy (non-hydrogen) atoms. The van der Waals surface area contributed by atoms with Gasteiger partial charge in [-0.15, -0.1) is 59.7 Å². The largest absolute Gasteiger partial charge is 0.305 e. The van der Waals surface area contributed by atoms with Crippen LogP contribution in [0.3, 0.4) is 0 Å². The third-order valence-corrected chi connectivity index (χ3v) is 11.1. The zero-order valence-electron chi connectivity index (χ0n) is 27.9. The molecule has 239 valence electrons. The quantitative estimate of drug-likeness (QED) is 0.128. The van der Waals surface area contributed by atoms with Gasteiger partial charge in [0.2, 0.25) is 0 Å². The fourth-order valence-corrected chi connectivity index (χ4v) is 7.71. The van der Waals surface area contributed by atoms with Crippen molar-refractivity contribution in [1.82, 2.24) is 9.97 Å². The summed E-state index contributed by atoms with van der Waals surface area (Å²) < 4.78 is 2.58. The van der Waals surface area contributed by atoms with Crippen LogP contribution in [0, 0.1) is 17.5 Å².